The summed E-state index contributed by atoms with van der Waals surface area (Å²) in [4.78, 5) is 19.1. The van der Waals surface area contributed by atoms with Gasteiger partial charge in [0, 0.05) is 13.1 Å². The SMILES string of the molecule is CCCNc1nc(CN2CCCC(C)C2)sc1C(=O)Oc1c(F)c(F)c(F)c(F)c1F. The highest BCUT2D eigenvalue weighted by molar-refractivity contribution is 7.14. The first-order chi connectivity index (χ1) is 14.7. The van der Waals surface area contributed by atoms with Gasteiger partial charge in [0.25, 0.3) is 0 Å². The highest BCUT2D eigenvalue weighted by Crippen LogP contribution is 2.32. The van der Waals surface area contributed by atoms with Crippen LogP contribution in [0.3, 0.4) is 0 Å². The molecule has 3 rings (SSSR count). The minimum absolute atomic E-state index is 0.0996. The molecule has 1 aromatic heterocycles. The zero-order valence-electron chi connectivity index (χ0n) is 17.0. The van der Waals surface area contributed by atoms with E-state index in [4.69, 9.17) is 0 Å². The van der Waals surface area contributed by atoms with Crippen LogP contribution in [0.1, 0.15) is 47.8 Å². The maximum absolute atomic E-state index is 13.9. The number of esters is 1. The molecule has 0 amide bonds. The van der Waals surface area contributed by atoms with Crippen LogP contribution in [0.2, 0.25) is 0 Å². The third kappa shape index (κ3) is 5.15. The molecule has 31 heavy (non-hydrogen) atoms. The van der Waals surface area contributed by atoms with Crippen molar-refractivity contribution in [1.82, 2.24) is 9.88 Å². The van der Waals surface area contributed by atoms with E-state index in [0.717, 1.165) is 37.3 Å². The van der Waals surface area contributed by atoms with Gasteiger partial charge in [0.2, 0.25) is 34.8 Å². The lowest BCUT2D eigenvalue weighted by Gasteiger charge is -2.29. The number of hydrogen-bond acceptors (Lipinski definition) is 6. The van der Waals surface area contributed by atoms with Crippen LogP contribution in [-0.4, -0.2) is 35.5 Å². The number of likely N-dealkylation sites (tertiary alicyclic amines) is 1. The maximum atomic E-state index is 13.9. The number of piperidine rings is 1. The number of carbonyl (C=O) groups is 1. The summed E-state index contributed by atoms with van der Waals surface area (Å²) in [7, 11) is 0. The highest BCUT2D eigenvalue weighted by atomic mass is 32.1. The number of rotatable bonds is 7. The average Bonchev–Trinajstić information content (AvgIpc) is 3.15. The number of benzene rings is 1. The topological polar surface area (TPSA) is 54.5 Å². The largest absolute Gasteiger partial charge is 0.416 e. The first kappa shape index (κ1) is 23.4. The highest BCUT2D eigenvalue weighted by Gasteiger charge is 2.30. The van der Waals surface area contributed by atoms with Gasteiger partial charge in [-0.2, -0.15) is 8.78 Å². The van der Waals surface area contributed by atoms with Crippen molar-refractivity contribution in [2.24, 2.45) is 5.92 Å². The number of halogens is 5. The Kier molecular flexibility index (Phi) is 7.47. The molecule has 1 N–H and O–H groups in total. The number of nitrogens with zero attached hydrogens (tertiary/aromatic N) is 2. The summed E-state index contributed by atoms with van der Waals surface area (Å²) >= 11 is 0.959. The Labute approximate surface area is 180 Å². The molecule has 1 atom stereocenters. The van der Waals surface area contributed by atoms with Crippen molar-refractivity contribution >= 4 is 23.1 Å². The van der Waals surface area contributed by atoms with Crippen molar-refractivity contribution in [3.63, 3.8) is 0 Å². The van der Waals surface area contributed by atoms with Gasteiger partial charge in [0.05, 0.1) is 6.54 Å². The Morgan fingerprint density at radius 2 is 1.81 bits per heavy atom. The van der Waals surface area contributed by atoms with Crippen molar-refractivity contribution in [2.45, 2.75) is 39.7 Å². The zero-order chi connectivity index (χ0) is 22.7. The molecule has 1 aliphatic rings. The van der Waals surface area contributed by atoms with E-state index in [1.165, 1.54) is 0 Å². The van der Waals surface area contributed by atoms with Gasteiger partial charge in [0.15, 0.2) is 10.7 Å². The smallest absolute Gasteiger partial charge is 0.357 e. The lowest BCUT2D eigenvalue weighted by atomic mass is 10.0. The minimum Gasteiger partial charge on any atom is -0.416 e. The second-order valence-electron chi connectivity index (χ2n) is 7.48. The van der Waals surface area contributed by atoms with Crippen LogP contribution < -0.4 is 10.1 Å². The Bertz CT molecular complexity index is 940. The monoisotopic (exact) mass is 463 g/mol. The second kappa shape index (κ2) is 9.90. The van der Waals surface area contributed by atoms with Gasteiger partial charge >= 0.3 is 5.97 Å². The second-order valence-corrected chi connectivity index (χ2v) is 8.57. The third-order valence-electron chi connectivity index (χ3n) is 4.86. The molecule has 0 radical (unpaired) electrons. The van der Waals surface area contributed by atoms with Crippen molar-refractivity contribution in [1.29, 1.82) is 0 Å². The van der Waals surface area contributed by atoms with Gasteiger partial charge < -0.3 is 10.1 Å². The lowest BCUT2D eigenvalue weighted by Crippen LogP contribution is -2.33. The van der Waals surface area contributed by atoms with Crippen LogP contribution >= 0.6 is 11.3 Å². The van der Waals surface area contributed by atoms with Crippen molar-refractivity contribution in [3.8, 4) is 5.75 Å². The molecule has 1 unspecified atom stereocenters. The van der Waals surface area contributed by atoms with Crippen LogP contribution in [0.4, 0.5) is 27.8 Å². The molecule has 2 aromatic rings. The van der Waals surface area contributed by atoms with E-state index in [0.29, 0.717) is 30.4 Å². The van der Waals surface area contributed by atoms with Crippen LogP contribution in [-0.2, 0) is 6.54 Å². The summed E-state index contributed by atoms with van der Waals surface area (Å²) in [6, 6.07) is 0. The maximum Gasteiger partial charge on any atom is 0.357 e. The summed E-state index contributed by atoms with van der Waals surface area (Å²) < 4.78 is 72.5. The fourth-order valence-electron chi connectivity index (χ4n) is 3.37. The van der Waals surface area contributed by atoms with Gasteiger partial charge in [0.1, 0.15) is 5.01 Å². The summed E-state index contributed by atoms with van der Waals surface area (Å²) in [5.41, 5.74) is 0. The van der Waals surface area contributed by atoms with E-state index in [9.17, 15) is 26.7 Å². The normalized spacial score (nSPS) is 17.1. The van der Waals surface area contributed by atoms with E-state index in [2.05, 4.69) is 26.9 Å². The summed E-state index contributed by atoms with van der Waals surface area (Å²) in [6.45, 7) is 6.74. The molecule has 0 saturated carbocycles. The number of anilines is 1. The fourth-order valence-corrected chi connectivity index (χ4v) is 4.33. The Morgan fingerprint density at radius 3 is 2.42 bits per heavy atom. The molecule has 0 bridgehead atoms. The summed E-state index contributed by atoms with van der Waals surface area (Å²) in [5, 5.41) is 3.52. The van der Waals surface area contributed by atoms with E-state index in [1.807, 2.05) is 6.92 Å². The molecule has 1 aliphatic heterocycles. The predicted molar refractivity (Wildman–Crippen MR) is 106 cm³/mol. The first-order valence-electron chi connectivity index (χ1n) is 9.92. The molecule has 1 saturated heterocycles. The number of thiazole rings is 1. The fraction of sp³-hybridized carbons (Fsp3) is 0.500. The Morgan fingerprint density at radius 1 is 1.16 bits per heavy atom. The van der Waals surface area contributed by atoms with Crippen LogP contribution in [0.25, 0.3) is 0 Å². The molecule has 5 nitrogen and oxygen atoms in total. The number of ether oxygens (including phenoxy) is 1. The molecule has 2 heterocycles. The van der Waals surface area contributed by atoms with Gasteiger partial charge in [-0.25, -0.2) is 22.9 Å². The van der Waals surface area contributed by atoms with Crippen molar-refractivity contribution < 1.29 is 31.5 Å². The van der Waals surface area contributed by atoms with E-state index >= 15 is 0 Å². The summed E-state index contributed by atoms with van der Waals surface area (Å²) in [5.74, 6) is -13.3. The molecule has 1 aromatic carbocycles. The number of aromatic nitrogens is 1. The Balaban J connectivity index is 1.87. The number of carbonyl (C=O) groups excluding carboxylic acids is 1. The van der Waals surface area contributed by atoms with Crippen molar-refractivity contribution in [2.75, 3.05) is 25.0 Å². The summed E-state index contributed by atoms with van der Waals surface area (Å²) in [6.07, 6.45) is 2.89. The molecule has 1 fully saturated rings. The minimum atomic E-state index is -2.32. The van der Waals surface area contributed by atoms with Crippen molar-refractivity contribution in [3.05, 3.63) is 39.0 Å². The average molecular weight is 463 g/mol. The number of nitrogens with one attached hydrogen (secondary N) is 1. The van der Waals surface area contributed by atoms with Gasteiger partial charge in [-0.05, 0) is 31.7 Å². The van der Waals surface area contributed by atoms with Gasteiger partial charge in [-0.1, -0.05) is 13.8 Å². The zero-order valence-corrected chi connectivity index (χ0v) is 17.9. The predicted octanol–water partition coefficient (Wildman–Crippen LogP) is 5.11. The van der Waals surface area contributed by atoms with Crippen LogP contribution in [0, 0.1) is 35.0 Å². The Hall–Kier alpha value is -2.27. The molecule has 170 valence electrons. The molecule has 0 aliphatic carbocycles. The lowest BCUT2D eigenvalue weighted by molar-refractivity contribution is 0.0722. The molecule has 0 spiro atoms. The van der Waals surface area contributed by atoms with Crippen LogP contribution in [0.5, 0.6) is 5.75 Å². The quantitative estimate of drug-likeness (QED) is 0.203. The first-order valence-corrected chi connectivity index (χ1v) is 10.7. The molecular formula is C20H22F5N3O2S. The van der Waals surface area contributed by atoms with E-state index in [1.54, 1.807) is 0 Å². The van der Waals surface area contributed by atoms with E-state index in [-0.39, 0.29) is 10.7 Å². The van der Waals surface area contributed by atoms with E-state index < -0.39 is 40.8 Å². The van der Waals surface area contributed by atoms with Gasteiger partial charge in [-0.15, -0.1) is 11.3 Å². The third-order valence-corrected chi connectivity index (χ3v) is 5.88. The van der Waals surface area contributed by atoms with Gasteiger partial charge in [-0.3, -0.25) is 4.90 Å². The number of hydrogen-bond donors (Lipinski definition) is 1. The molecular weight excluding hydrogens is 441 g/mol. The standard InChI is InChI=1S/C20H22F5N3O2S/c1-3-6-26-19-18(31-11(27-19)9-28-7-4-5-10(2)8-28)20(29)30-17-15(24)13(22)12(21)14(23)16(17)25/h10,26H,3-9H2,1-2H3. The van der Waals surface area contributed by atoms with Crippen LogP contribution in [0.15, 0.2) is 0 Å². The molecule has 11 heteroatoms.